The van der Waals surface area contributed by atoms with Gasteiger partial charge in [-0.25, -0.2) is 0 Å². The average Bonchev–Trinajstić information content (AvgIpc) is 3.23. The first kappa shape index (κ1) is 12.5. The zero-order valence-electron chi connectivity index (χ0n) is 10.6. The monoisotopic (exact) mass is 309 g/mol. The molecule has 98 valence electrons. The number of rotatable bonds is 6. The SMILES string of the molecule is OCc1ccc(N(CC2CC2)CC2CC2)cc1Br. The van der Waals surface area contributed by atoms with Gasteiger partial charge in [-0.05, 0) is 55.2 Å². The van der Waals surface area contributed by atoms with Crippen LogP contribution in [0.1, 0.15) is 31.2 Å². The van der Waals surface area contributed by atoms with E-state index in [4.69, 9.17) is 0 Å². The molecule has 1 aromatic carbocycles. The number of anilines is 1. The molecule has 1 N–H and O–H groups in total. The Morgan fingerprint density at radius 1 is 1.11 bits per heavy atom. The number of hydrogen-bond donors (Lipinski definition) is 1. The Bertz CT molecular complexity index is 413. The van der Waals surface area contributed by atoms with E-state index in [0.717, 1.165) is 21.9 Å². The van der Waals surface area contributed by atoms with Crippen LogP contribution < -0.4 is 4.90 Å². The Labute approximate surface area is 117 Å². The van der Waals surface area contributed by atoms with Gasteiger partial charge in [-0.15, -0.1) is 0 Å². The number of benzene rings is 1. The molecule has 0 heterocycles. The van der Waals surface area contributed by atoms with E-state index in [9.17, 15) is 5.11 Å². The minimum absolute atomic E-state index is 0.103. The van der Waals surface area contributed by atoms with Crippen LogP contribution in [0, 0.1) is 11.8 Å². The lowest BCUT2D eigenvalue weighted by atomic mass is 10.2. The molecule has 0 spiro atoms. The molecule has 0 unspecified atom stereocenters. The van der Waals surface area contributed by atoms with Crippen molar-refractivity contribution in [3.63, 3.8) is 0 Å². The second kappa shape index (κ2) is 5.22. The summed E-state index contributed by atoms with van der Waals surface area (Å²) in [6, 6.07) is 6.35. The number of halogens is 1. The molecular weight excluding hydrogens is 290 g/mol. The van der Waals surface area contributed by atoms with Crippen LogP contribution in [0.5, 0.6) is 0 Å². The van der Waals surface area contributed by atoms with Crippen molar-refractivity contribution in [2.24, 2.45) is 11.8 Å². The minimum Gasteiger partial charge on any atom is -0.392 e. The first-order valence-electron chi connectivity index (χ1n) is 6.90. The van der Waals surface area contributed by atoms with E-state index in [0.29, 0.717) is 0 Å². The molecule has 0 amide bonds. The molecule has 0 radical (unpaired) electrons. The van der Waals surface area contributed by atoms with Crippen LogP contribution in [-0.2, 0) is 6.61 Å². The fourth-order valence-electron chi connectivity index (χ4n) is 2.37. The Kier molecular flexibility index (Phi) is 3.62. The van der Waals surface area contributed by atoms with Crippen molar-refractivity contribution in [1.82, 2.24) is 0 Å². The number of aliphatic hydroxyl groups is 1. The first-order chi connectivity index (χ1) is 8.76. The van der Waals surface area contributed by atoms with Gasteiger partial charge in [0.15, 0.2) is 0 Å². The molecule has 0 atom stereocenters. The zero-order chi connectivity index (χ0) is 12.5. The molecule has 0 saturated heterocycles. The van der Waals surface area contributed by atoms with Crippen molar-refractivity contribution in [1.29, 1.82) is 0 Å². The van der Waals surface area contributed by atoms with Crippen LogP contribution in [0.4, 0.5) is 5.69 Å². The third kappa shape index (κ3) is 3.07. The smallest absolute Gasteiger partial charge is 0.0692 e. The van der Waals surface area contributed by atoms with Crippen LogP contribution in [-0.4, -0.2) is 18.2 Å². The standard InChI is InChI=1S/C15H20BrNO/c16-15-7-14(6-5-13(15)10-18)17(8-11-1-2-11)9-12-3-4-12/h5-7,11-12,18H,1-4,8-10H2. The summed E-state index contributed by atoms with van der Waals surface area (Å²) in [5.41, 5.74) is 2.27. The van der Waals surface area contributed by atoms with E-state index in [1.807, 2.05) is 6.07 Å². The van der Waals surface area contributed by atoms with Gasteiger partial charge in [-0.2, -0.15) is 0 Å². The van der Waals surface area contributed by atoms with Gasteiger partial charge in [0.25, 0.3) is 0 Å². The molecule has 2 nitrogen and oxygen atoms in total. The molecule has 2 fully saturated rings. The van der Waals surface area contributed by atoms with Gasteiger partial charge in [0.1, 0.15) is 0 Å². The summed E-state index contributed by atoms with van der Waals surface area (Å²) in [5, 5.41) is 9.22. The Morgan fingerprint density at radius 3 is 2.17 bits per heavy atom. The van der Waals surface area contributed by atoms with Crippen molar-refractivity contribution >= 4 is 21.6 Å². The van der Waals surface area contributed by atoms with Gasteiger partial charge in [0.2, 0.25) is 0 Å². The summed E-state index contributed by atoms with van der Waals surface area (Å²) < 4.78 is 1.03. The van der Waals surface area contributed by atoms with Gasteiger partial charge in [0, 0.05) is 23.2 Å². The number of nitrogens with zero attached hydrogens (tertiary/aromatic N) is 1. The fraction of sp³-hybridized carbons (Fsp3) is 0.600. The highest BCUT2D eigenvalue weighted by molar-refractivity contribution is 9.10. The Hall–Kier alpha value is -0.540. The van der Waals surface area contributed by atoms with Crippen molar-refractivity contribution in [2.45, 2.75) is 32.3 Å². The maximum absolute atomic E-state index is 9.22. The van der Waals surface area contributed by atoms with Crippen molar-refractivity contribution in [3.8, 4) is 0 Å². The predicted octanol–water partition coefficient (Wildman–Crippen LogP) is 3.57. The van der Waals surface area contributed by atoms with Crippen LogP contribution in [0.3, 0.4) is 0 Å². The van der Waals surface area contributed by atoms with Crippen LogP contribution >= 0.6 is 15.9 Å². The average molecular weight is 310 g/mol. The normalized spacial score (nSPS) is 19.0. The molecule has 1 aromatic rings. The van der Waals surface area contributed by atoms with Crippen LogP contribution in [0.2, 0.25) is 0 Å². The molecule has 0 aliphatic heterocycles. The first-order valence-corrected chi connectivity index (χ1v) is 7.70. The molecule has 3 heteroatoms. The third-order valence-corrected chi connectivity index (χ3v) is 4.66. The topological polar surface area (TPSA) is 23.5 Å². The Balaban J connectivity index is 1.76. The maximum Gasteiger partial charge on any atom is 0.0692 e. The summed E-state index contributed by atoms with van der Waals surface area (Å²) in [6.07, 6.45) is 5.60. The lowest BCUT2D eigenvalue weighted by molar-refractivity contribution is 0.281. The molecule has 2 aliphatic rings. The second-order valence-electron chi connectivity index (χ2n) is 5.73. The van der Waals surface area contributed by atoms with Gasteiger partial charge < -0.3 is 10.0 Å². The quantitative estimate of drug-likeness (QED) is 0.868. The highest BCUT2D eigenvalue weighted by Crippen LogP contribution is 2.36. The van der Waals surface area contributed by atoms with Crippen molar-refractivity contribution < 1.29 is 5.11 Å². The summed E-state index contributed by atoms with van der Waals surface area (Å²) >= 11 is 3.55. The van der Waals surface area contributed by atoms with E-state index in [2.05, 4.69) is 33.0 Å². The van der Waals surface area contributed by atoms with Gasteiger partial charge >= 0.3 is 0 Å². The largest absolute Gasteiger partial charge is 0.392 e. The summed E-state index contributed by atoms with van der Waals surface area (Å²) in [5.74, 6) is 1.83. The highest BCUT2D eigenvalue weighted by Gasteiger charge is 2.29. The molecular formula is C15H20BrNO. The molecule has 3 rings (SSSR count). The van der Waals surface area contributed by atoms with Gasteiger partial charge in [0.05, 0.1) is 6.61 Å². The van der Waals surface area contributed by atoms with E-state index >= 15 is 0 Å². The van der Waals surface area contributed by atoms with E-state index in [1.54, 1.807) is 0 Å². The number of aliphatic hydroxyl groups excluding tert-OH is 1. The number of hydrogen-bond acceptors (Lipinski definition) is 2. The Morgan fingerprint density at radius 2 is 1.72 bits per heavy atom. The maximum atomic E-state index is 9.22. The summed E-state index contributed by atoms with van der Waals surface area (Å²) in [7, 11) is 0. The predicted molar refractivity (Wildman–Crippen MR) is 77.7 cm³/mol. The lowest BCUT2D eigenvalue weighted by Crippen LogP contribution is -2.28. The van der Waals surface area contributed by atoms with Crippen molar-refractivity contribution in [2.75, 3.05) is 18.0 Å². The second-order valence-corrected chi connectivity index (χ2v) is 6.58. The summed E-state index contributed by atoms with van der Waals surface area (Å²) in [6.45, 7) is 2.52. The van der Waals surface area contributed by atoms with Crippen LogP contribution in [0.15, 0.2) is 22.7 Å². The fourth-order valence-corrected chi connectivity index (χ4v) is 2.86. The minimum atomic E-state index is 0.103. The van der Waals surface area contributed by atoms with E-state index < -0.39 is 0 Å². The van der Waals surface area contributed by atoms with E-state index in [-0.39, 0.29) is 6.61 Å². The molecule has 0 aromatic heterocycles. The molecule has 18 heavy (non-hydrogen) atoms. The van der Waals surface area contributed by atoms with Gasteiger partial charge in [-0.3, -0.25) is 0 Å². The molecule has 2 aliphatic carbocycles. The van der Waals surface area contributed by atoms with Crippen LogP contribution in [0.25, 0.3) is 0 Å². The summed E-state index contributed by atoms with van der Waals surface area (Å²) in [4.78, 5) is 2.54. The molecule has 2 saturated carbocycles. The third-order valence-electron chi connectivity index (χ3n) is 3.92. The van der Waals surface area contributed by atoms with Crippen molar-refractivity contribution in [3.05, 3.63) is 28.2 Å². The highest BCUT2D eigenvalue weighted by atomic mass is 79.9. The lowest BCUT2D eigenvalue weighted by Gasteiger charge is -2.25. The molecule has 0 bridgehead atoms. The zero-order valence-corrected chi connectivity index (χ0v) is 12.2. The van der Waals surface area contributed by atoms with Gasteiger partial charge in [-0.1, -0.05) is 22.0 Å². The van der Waals surface area contributed by atoms with E-state index in [1.165, 1.54) is 44.5 Å².